The first-order valence-corrected chi connectivity index (χ1v) is 15.5. The summed E-state index contributed by atoms with van der Waals surface area (Å²) in [4.78, 5) is 9.54. The molecule has 2 N–H and O–H groups in total. The first-order chi connectivity index (χ1) is 19.5. The molecule has 0 atom stereocenters. The van der Waals surface area contributed by atoms with Crippen LogP contribution < -0.4 is 14.9 Å². The van der Waals surface area contributed by atoms with Crippen LogP contribution in [0.1, 0.15) is 19.8 Å². The fraction of sp³-hybridized carbons (Fsp3) is 0.379. The quantitative estimate of drug-likeness (QED) is 0.330. The third-order valence-electron chi connectivity index (χ3n) is 7.76. The van der Waals surface area contributed by atoms with Gasteiger partial charge in [0.25, 0.3) is 0 Å². The molecule has 0 bridgehead atoms. The molecule has 2 aliphatic rings. The van der Waals surface area contributed by atoms with Gasteiger partial charge < -0.3 is 15.0 Å². The Morgan fingerprint density at radius 3 is 2.45 bits per heavy atom. The first kappa shape index (κ1) is 26.5. The van der Waals surface area contributed by atoms with E-state index in [1.165, 1.54) is 18.5 Å². The van der Waals surface area contributed by atoms with Crippen LogP contribution in [0.2, 0.25) is 0 Å². The number of hydrogen-bond donors (Lipinski definition) is 2. The van der Waals surface area contributed by atoms with Crippen LogP contribution >= 0.6 is 0 Å². The maximum Gasteiger partial charge on any atom is 0.245 e. The van der Waals surface area contributed by atoms with Crippen LogP contribution in [0, 0.1) is 0 Å². The molecular formula is C29H35N7O3S. The minimum absolute atomic E-state index is 0.00200. The summed E-state index contributed by atoms with van der Waals surface area (Å²) >= 11 is 0. The number of nitrogens with one attached hydrogen (secondary N) is 2. The Labute approximate surface area is 235 Å². The van der Waals surface area contributed by atoms with Gasteiger partial charge >= 0.3 is 0 Å². The summed E-state index contributed by atoms with van der Waals surface area (Å²) in [6, 6.07) is 20.2. The zero-order valence-electron chi connectivity index (χ0n) is 22.7. The topological polar surface area (TPSA) is 104 Å². The Kier molecular flexibility index (Phi) is 7.59. The number of rotatable bonds is 8. The molecule has 0 aliphatic carbocycles. The predicted octanol–water partition coefficient (Wildman–Crippen LogP) is 4.20. The van der Waals surface area contributed by atoms with Crippen LogP contribution in [0.4, 0.5) is 23.0 Å². The highest BCUT2D eigenvalue weighted by Gasteiger charge is 2.26. The molecule has 0 spiro atoms. The molecule has 11 heteroatoms. The van der Waals surface area contributed by atoms with Gasteiger partial charge in [0.1, 0.15) is 0 Å². The molecule has 0 saturated carbocycles. The van der Waals surface area contributed by atoms with Crippen molar-refractivity contribution in [2.75, 3.05) is 60.1 Å². The lowest BCUT2D eigenvalue weighted by Crippen LogP contribution is -2.49. The number of sulfonamides is 1. The lowest BCUT2D eigenvalue weighted by Gasteiger charge is -2.40. The summed E-state index contributed by atoms with van der Waals surface area (Å²) in [6.07, 6.45) is 4.11. The molecule has 2 aromatic heterocycles. The highest BCUT2D eigenvalue weighted by molar-refractivity contribution is 7.92. The molecule has 210 valence electrons. The summed E-state index contributed by atoms with van der Waals surface area (Å²) in [5.74, 6) is 0.452. The molecule has 0 amide bonds. The van der Waals surface area contributed by atoms with Gasteiger partial charge in [0.2, 0.25) is 16.0 Å². The van der Waals surface area contributed by atoms with Gasteiger partial charge in [-0.2, -0.15) is 0 Å². The van der Waals surface area contributed by atoms with Crippen molar-refractivity contribution in [3.63, 3.8) is 0 Å². The molecular weight excluding hydrogens is 526 g/mol. The Bertz CT molecular complexity index is 1560. The van der Waals surface area contributed by atoms with Gasteiger partial charge in [0, 0.05) is 49.2 Å². The van der Waals surface area contributed by atoms with Crippen molar-refractivity contribution < 1.29 is 13.2 Å². The SMILES string of the molecule is CCS(=O)(=O)Nc1ccccc1-c1ccc2cnc(Nc3ccc(N4CCC(N5CCOCC5)CC4)cc3)nn12. The number of fused-ring (bicyclic) bond motifs is 1. The molecule has 40 heavy (non-hydrogen) atoms. The first-order valence-electron chi connectivity index (χ1n) is 13.9. The minimum atomic E-state index is -3.42. The molecule has 6 rings (SSSR count). The highest BCUT2D eigenvalue weighted by Crippen LogP contribution is 2.30. The van der Waals surface area contributed by atoms with Crippen molar-refractivity contribution >= 4 is 38.6 Å². The highest BCUT2D eigenvalue weighted by atomic mass is 32.2. The van der Waals surface area contributed by atoms with E-state index in [0.717, 1.165) is 61.9 Å². The van der Waals surface area contributed by atoms with Crippen molar-refractivity contribution in [2.24, 2.45) is 0 Å². The molecule has 2 saturated heterocycles. The lowest BCUT2D eigenvalue weighted by molar-refractivity contribution is 0.0115. The van der Waals surface area contributed by atoms with Crippen molar-refractivity contribution in [1.29, 1.82) is 0 Å². The zero-order valence-corrected chi connectivity index (χ0v) is 23.5. The Balaban J connectivity index is 1.15. The second-order valence-corrected chi connectivity index (χ2v) is 12.2. The number of anilines is 4. The van der Waals surface area contributed by atoms with E-state index >= 15 is 0 Å². The molecule has 0 radical (unpaired) electrons. The van der Waals surface area contributed by atoms with E-state index in [0.29, 0.717) is 17.7 Å². The minimum Gasteiger partial charge on any atom is -0.379 e. The number of piperidine rings is 1. The van der Waals surface area contributed by atoms with Crippen LogP contribution in [-0.4, -0.2) is 79.1 Å². The van der Waals surface area contributed by atoms with Gasteiger partial charge in [-0.1, -0.05) is 18.2 Å². The van der Waals surface area contributed by atoms with Crippen LogP contribution in [0.25, 0.3) is 16.8 Å². The van der Waals surface area contributed by atoms with Gasteiger partial charge in [-0.05, 0) is 62.2 Å². The third kappa shape index (κ3) is 5.77. The Morgan fingerprint density at radius 1 is 0.950 bits per heavy atom. The van der Waals surface area contributed by atoms with Crippen molar-refractivity contribution in [3.05, 3.63) is 66.9 Å². The van der Waals surface area contributed by atoms with E-state index in [4.69, 9.17) is 9.84 Å². The molecule has 4 aromatic rings. The van der Waals surface area contributed by atoms with E-state index in [1.807, 2.05) is 30.3 Å². The normalized spacial score (nSPS) is 17.3. The summed E-state index contributed by atoms with van der Waals surface area (Å²) in [5.41, 5.74) is 4.96. The Hall–Kier alpha value is -3.67. The van der Waals surface area contributed by atoms with Gasteiger partial charge in [-0.15, -0.1) is 5.10 Å². The molecule has 2 aromatic carbocycles. The number of morpholine rings is 1. The lowest BCUT2D eigenvalue weighted by atomic mass is 10.0. The van der Waals surface area contributed by atoms with Gasteiger partial charge in [0.05, 0.1) is 42.1 Å². The summed E-state index contributed by atoms with van der Waals surface area (Å²) in [7, 11) is -3.42. The standard InChI is InChI=1S/C29H35N7O3S/c1-2-40(37,38)33-27-6-4-3-5-26(27)28-12-11-25-21-30-29(32-36(25)28)31-22-7-9-23(10-8-22)34-15-13-24(14-16-34)35-17-19-39-20-18-35/h3-12,21,24,33H,2,13-20H2,1H3,(H,31,32). The van der Waals surface area contributed by atoms with Crippen molar-refractivity contribution in [2.45, 2.75) is 25.8 Å². The van der Waals surface area contributed by atoms with Crippen molar-refractivity contribution in [3.8, 4) is 11.3 Å². The van der Waals surface area contributed by atoms with E-state index in [2.05, 4.69) is 49.1 Å². The van der Waals surface area contributed by atoms with Gasteiger partial charge in [-0.3, -0.25) is 9.62 Å². The molecule has 2 fully saturated rings. The number of nitrogens with zero attached hydrogens (tertiary/aromatic N) is 5. The van der Waals surface area contributed by atoms with Crippen LogP contribution in [-0.2, 0) is 14.8 Å². The average Bonchev–Trinajstić information content (AvgIpc) is 3.41. The summed E-state index contributed by atoms with van der Waals surface area (Å²) < 4.78 is 34.5. The van der Waals surface area contributed by atoms with Crippen LogP contribution in [0.3, 0.4) is 0 Å². The fourth-order valence-corrected chi connectivity index (χ4v) is 6.17. The predicted molar refractivity (Wildman–Crippen MR) is 159 cm³/mol. The summed E-state index contributed by atoms with van der Waals surface area (Å²) in [6.45, 7) is 7.53. The third-order valence-corrected chi connectivity index (χ3v) is 9.05. The van der Waals surface area contributed by atoms with E-state index in [9.17, 15) is 8.42 Å². The van der Waals surface area contributed by atoms with Crippen LogP contribution in [0.15, 0.2) is 66.9 Å². The van der Waals surface area contributed by atoms with Gasteiger partial charge in [-0.25, -0.2) is 17.9 Å². The smallest absolute Gasteiger partial charge is 0.245 e. The second kappa shape index (κ2) is 11.4. The van der Waals surface area contributed by atoms with Crippen molar-refractivity contribution in [1.82, 2.24) is 19.5 Å². The largest absolute Gasteiger partial charge is 0.379 e. The number of ether oxygens (including phenoxy) is 1. The number of aromatic nitrogens is 3. The van der Waals surface area contributed by atoms with Gasteiger partial charge in [0.15, 0.2) is 0 Å². The monoisotopic (exact) mass is 561 g/mol. The number of benzene rings is 2. The number of hydrogen-bond acceptors (Lipinski definition) is 8. The van der Waals surface area contributed by atoms with E-state index in [-0.39, 0.29) is 5.75 Å². The molecule has 0 unspecified atom stereocenters. The van der Waals surface area contributed by atoms with E-state index < -0.39 is 10.0 Å². The Morgan fingerprint density at radius 2 is 1.70 bits per heavy atom. The average molecular weight is 562 g/mol. The molecule has 2 aliphatic heterocycles. The zero-order chi connectivity index (χ0) is 27.5. The molecule has 4 heterocycles. The maximum absolute atomic E-state index is 12.3. The summed E-state index contributed by atoms with van der Waals surface area (Å²) in [5, 5.41) is 8.04. The molecule has 10 nitrogen and oxygen atoms in total. The van der Waals surface area contributed by atoms with E-state index in [1.54, 1.807) is 23.7 Å². The second-order valence-electron chi connectivity index (χ2n) is 10.2. The van der Waals surface area contributed by atoms with Crippen LogP contribution in [0.5, 0.6) is 0 Å². The fourth-order valence-electron chi connectivity index (χ4n) is 5.51. The maximum atomic E-state index is 12.3. The number of para-hydroxylation sites is 1.